The minimum atomic E-state index is -0.0293. The van der Waals surface area contributed by atoms with Crippen LogP contribution in [0.5, 0.6) is 0 Å². The second kappa shape index (κ2) is 4.09. The van der Waals surface area contributed by atoms with E-state index in [4.69, 9.17) is 4.74 Å². The van der Waals surface area contributed by atoms with Crippen LogP contribution in [0.1, 0.15) is 46.0 Å². The summed E-state index contributed by atoms with van der Waals surface area (Å²) in [5.41, 5.74) is 2.82. The van der Waals surface area contributed by atoms with Crippen molar-refractivity contribution in [1.29, 1.82) is 0 Å². The number of carbonyl (C=O) groups excluding carboxylic acids is 1. The maximum Gasteiger partial charge on any atom is 0.309 e. The molecule has 3 aliphatic rings. The van der Waals surface area contributed by atoms with Crippen molar-refractivity contribution in [1.82, 2.24) is 0 Å². The lowest BCUT2D eigenvalue weighted by atomic mass is 9.59. The second-order valence-electron chi connectivity index (χ2n) is 6.49. The molecular weight excluding hydrogens is 228 g/mol. The van der Waals surface area contributed by atoms with Gasteiger partial charge < -0.3 is 9.84 Å². The molecule has 2 fully saturated rings. The van der Waals surface area contributed by atoms with E-state index < -0.39 is 0 Å². The number of ether oxygens (including phenoxy) is 1. The van der Waals surface area contributed by atoms with E-state index in [1.807, 2.05) is 6.92 Å². The quantitative estimate of drug-likeness (QED) is 0.574. The highest BCUT2D eigenvalue weighted by Crippen LogP contribution is 2.54. The van der Waals surface area contributed by atoms with Crippen LogP contribution in [-0.4, -0.2) is 23.8 Å². The molecule has 100 valence electrons. The first kappa shape index (κ1) is 12.2. The van der Waals surface area contributed by atoms with Crippen molar-refractivity contribution in [2.45, 2.75) is 52.1 Å². The van der Waals surface area contributed by atoms with Crippen LogP contribution >= 0.6 is 0 Å². The van der Waals surface area contributed by atoms with Crippen LogP contribution in [0.2, 0.25) is 0 Å². The molecule has 3 nitrogen and oxygen atoms in total. The summed E-state index contributed by atoms with van der Waals surface area (Å²) >= 11 is 0. The lowest BCUT2D eigenvalue weighted by Gasteiger charge is -2.45. The Bertz CT molecular complexity index is 412. The molecule has 3 heteroatoms. The number of allylic oxidation sites excluding steroid dienone is 1. The molecule has 0 amide bonds. The Morgan fingerprint density at radius 3 is 3.00 bits per heavy atom. The standard InChI is InChI=1S/C15H22O3/c1-9-11-6-12-10(8-16)4-3-5-15(12,2)7-13(11)18-14(9)17/h9,11,13,16H,3-8H2,1-2H3. The van der Waals surface area contributed by atoms with Crippen molar-refractivity contribution in [2.24, 2.45) is 17.3 Å². The minimum Gasteiger partial charge on any atom is -0.462 e. The van der Waals surface area contributed by atoms with Gasteiger partial charge in [-0.25, -0.2) is 0 Å². The van der Waals surface area contributed by atoms with Gasteiger partial charge in [-0.1, -0.05) is 19.4 Å². The molecule has 1 saturated heterocycles. The summed E-state index contributed by atoms with van der Waals surface area (Å²) in [6, 6.07) is 0. The Labute approximate surface area is 108 Å². The van der Waals surface area contributed by atoms with Gasteiger partial charge in [-0.3, -0.25) is 4.79 Å². The molecule has 2 aliphatic carbocycles. The smallest absolute Gasteiger partial charge is 0.309 e. The highest BCUT2D eigenvalue weighted by atomic mass is 16.6. The van der Waals surface area contributed by atoms with Crippen molar-refractivity contribution in [2.75, 3.05) is 6.61 Å². The van der Waals surface area contributed by atoms with Crippen molar-refractivity contribution >= 4 is 5.97 Å². The predicted octanol–water partition coefficient (Wildman–Crippen LogP) is 2.44. The summed E-state index contributed by atoms with van der Waals surface area (Å²) in [7, 11) is 0. The first-order valence-corrected chi connectivity index (χ1v) is 7.08. The Hall–Kier alpha value is -0.830. The fourth-order valence-electron chi connectivity index (χ4n) is 4.23. The van der Waals surface area contributed by atoms with Crippen molar-refractivity contribution in [3.63, 3.8) is 0 Å². The fourth-order valence-corrected chi connectivity index (χ4v) is 4.23. The zero-order valence-corrected chi connectivity index (χ0v) is 11.2. The highest BCUT2D eigenvalue weighted by Gasteiger charge is 2.51. The second-order valence-corrected chi connectivity index (χ2v) is 6.49. The van der Waals surface area contributed by atoms with E-state index in [-0.39, 0.29) is 30.0 Å². The zero-order valence-electron chi connectivity index (χ0n) is 11.2. The van der Waals surface area contributed by atoms with Crippen LogP contribution < -0.4 is 0 Å². The van der Waals surface area contributed by atoms with Crippen molar-refractivity contribution in [3.05, 3.63) is 11.1 Å². The predicted molar refractivity (Wildman–Crippen MR) is 67.8 cm³/mol. The van der Waals surface area contributed by atoms with Gasteiger partial charge in [0.05, 0.1) is 12.5 Å². The molecule has 1 heterocycles. The maximum absolute atomic E-state index is 11.7. The van der Waals surface area contributed by atoms with E-state index in [0.29, 0.717) is 5.92 Å². The summed E-state index contributed by atoms with van der Waals surface area (Å²) in [5.74, 6) is 0.326. The molecule has 1 N–H and O–H groups in total. The molecule has 0 radical (unpaired) electrons. The largest absolute Gasteiger partial charge is 0.462 e. The van der Waals surface area contributed by atoms with E-state index >= 15 is 0 Å². The van der Waals surface area contributed by atoms with E-state index in [9.17, 15) is 9.90 Å². The summed E-state index contributed by atoms with van der Waals surface area (Å²) in [6.45, 7) is 4.45. The Balaban J connectivity index is 1.96. The van der Waals surface area contributed by atoms with Gasteiger partial charge in [0.2, 0.25) is 0 Å². The zero-order chi connectivity index (χ0) is 12.9. The highest BCUT2D eigenvalue weighted by molar-refractivity contribution is 5.75. The molecule has 0 aromatic carbocycles. The van der Waals surface area contributed by atoms with E-state index in [1.54, 1.807) is 0 Å². The van der Waals surface area contributed by atoms with Crippen LogP contribution in [0.25, 0.3) is 0 Å². The van der Waals surface area contributed by atoms with Gasteiger partial charge in [-0.05, 0) is 43.1 Å². The number of hydrogen-bond donors (Lipinski definition) is 1. The summed E-state index contributed by atoms with van der Waals surface area (Å²) in [6.07, 6.45) is 5.36. The van der Waals surface area contributed by atoms with Gasteiger partial charge in [0.25, 0.3) is 0 Å². The Morgan fingerprint density at radius 2 is 2.28 bits per heavy atom. The van der Waals surface area contributed by atoms with Gasteiger partial charge >= 0.3 is 5.97 Å². The number of rotatable bonds is 1. The Morgan fingerprint density at radius 1 is 1.50 bits per heavy atom. The lowest BCUT2D eigenvalue weighted by molar-refractivity contribution is -0.144. The SMILES string of the molecule is CC1C(=O)OC2CC3(C)CCCC(CO)=C3CC21. The van der Waals surface area contributed by atoms with E-state index in [0.717, 1.165) is 25.7 Å². The molecular formula is C15H22O3. The van der Waals surface area contributed by atoms with Crippen LogP contribution in [0.3, 0.4) is 0 Å². The third-order valence-electron chi connectivity index (χ3n) is 5.40. The number of esters is 1. The monoisotopic (exact) mass is 250 g/mol. The van der Waals surface area contributed by atoms with E-state index in [1.165, 1.54) is 17.6 Å². The molecule has 3 rings (SSSR count). The third kappa shape index (κ3) is 1.63. The van der Waals surface area contributed by atoms with Crippen LogP contribution in [0.4, 0.5) is 0 Å². The van der Waals surface area contributed by atoms with Gasteiger partial charge in [0, 0.05) is 5.92 Å². The number of fused-ring (bicyclic) bond motifs is 2. The van der Waals surface area contributed by atoms with Crippen molar-refractivity contribution < 1.29 is 14.6 Å². The number of hydrogen-bond acceptors (Lipinski definition) is 3. The summed E-state index contributed by atoms with van der Waals surface area (Å²) in [5, 5.41) is 9.55. The molecule has 0 aromatic heterocycles. The molecule has 0 aromatic rings. The van der Waals surface area contributed by atoms with Crippen molar-refractivity contribution in [3.8, 4) is 0 Å². The number of aliphatic hydroxyl groups excluding tert-OH is 1. The topological polar surface area (TPSA) is 46.5 Å². The molecule has 0 bridgehead atoms. The molecule has 18 heavy (non-hydrogen) atoms. The van der Waals surface area contributed by atoms with Crippen LogP contribution in [-0.2, 0) is 9.53 Å². The third-order valence-corrected chi connectivity index (χ3v) is 5.40. The van der Waals surface area contributed by atoms with Gasteiger partial charge in [0.15, 0.2) is 0 Å². The van der Waals surface area contributed by atoms with Crippen LogP contribution in [0.15, 0.2) is 11.1 Å². The fraction of sp³-hybridized carbons (Fsp3) is 0.800. The van der Waals surface area contributed by atoms with E-state index in [2.05, 4.69) is 6.92 Å². The van der Waals surface area contributed by atoms with Gasteiger partial charge in [-0.2, -0.15) is 0 Å². The summed E-state index contributed by atoms with van der Waals surface area (Å²) in [4.78, 5) is 11.7. The van der Waals surface area contributed by atoms with Gasteiger partial charge in [0.1, 0.15) is 6.10 Å². The first-order valence-electron chi connectivity index (χ1n) is 7.08. The maximum atomic E-state index is 11.7. The molecule has 1 saturated carbocycles. The average Bonchev–Trinajstić information content (AvgIpc) is 2.60. The first-order chi connectivity index (χ1) is 8.55. The normalized spacial score (nSPS) is 43.5. The number of carbonyl (C=O) groups is 1. The minimum absolute atomic E-state index is 0.0221. The molecule has 4 unspecified atom stereocenters. The summed E-state index contributed by atoms with van der Waals surface area (Å²) < 4.78 is 5.54. The molecule has 0 spiro atoms. The Kier molecular flexibility index (Phi) is 2.77. The molecule has 1 aliphatic heterocycles. The molecule has 4 atom stereocenters. The average molecular weight is 250 g/mol. The number of aliphatic hydroxyl groups is 1. The lowest BCUT2D eigenvalue weighted by Crippen LogP contribution is -2.39. The van der Waals surface area contributed by atoms with Crippen LogP contribution in [0, 0.1) is 17.3 Å². The van der Waals surface area contributed by atoms with Gasteiger partial charge in [-0.15, -0.1) is 0 Å².